The van der Waals surface area contributed by atoms with Crippen LogP contribution in [0.25, 0.3) is 21.5 Å². The van der Waals surface area contributed by atoms with Gasteiger partial charge >= 0.3 is 0 Å². The van der Waals surface area contributed by atoms with Crippen LogP contribution in [0.4, 0.5) is 0 Å². The molecule has 0 saturated heterocycles. The highest BCUT2D eigenvalue weighted by atomic mass is 28.4. The summed E-state index contributed by atoms with van der Waals surface area (Å²) in [7, 11) is -2.83. The van der Waals surface area contributed by atoms with Crippen molar-refractivity contribution in [1.29, 1.82) is 0 Å². The zero-order valence-corrected chi connectivity index (χ0v) is 15.4. The van der Waals surface area contributed by atoms with Crippen molar-refractivity contribution >= 4 is 40.2 Å². The van der Waals surface area contributed by atoms with Gasteiger partial charge in [0.1, 0.15) is 0 Å². The molecule has 0 aliphatic carbocycles. The third-order valence-electron chi connectivity index (χ3n) is 5.08. The molecule has 0 aliphatic heterocycles. The highest BCUT2D eigenvalue weighted by Crippen LogP contribution is 2.21. The van der Waals surface area contributed by atoms with Crippen LogP contribution in [-0.4, -0.2) is 13.1 Å². The van der Waals surface area contributed by atoms with E-state index in [0.717, 1.165) is 22.8 Å². The standard InChI is InChI=1S/C23H22OSi/c1-2-17-25(24,22-15-7-11-18-9-3-5-13-20(18)22)23-16-8-12-19-10-4-6-14-21(19)23/h3-16,24H,2,17H2,1H3. The Morgan fingerprint density at radius 2 is 1.08 bits per heavy atom. The van der Waals surface area contributed by atoms with Crippen molar-refractivity contribution < 1.29 is 4.80 Å². The Morgan fingerprint density at radius 1 is 0.640 bits per heavy atom. The Morgan fingerprint density at radius 3 is 1.56 bits per heavy atom. The molecule has 1 N–H and O–H groups in total. The molecule has 25 heavy (non-hydrogen) atoms. The zero-order chi connectivity index (χ0) is 17.3. The van der Waals surface area contributed by atoms with Crippen molar-refractivity contribution in [3.05, 3.63) is 84.9 Å². The van der Waals surface area contributed by atoms with Gasteiger partial charge in [0.15, 0.2) is 0 Å². The smallest absolute Gasteiger partial charge is 0.253 e. The van der Waals surface area contributed by atoms with E-state index in [2.05, 4.69) is 91.9 Å². The molecule has 0 heterocycles. The van der Waals surface area contributed by atoms with Gasteiger partial charge in [-0.05, 0) is 38.0 Å². The average molecular weight is 343 g/mol. The largest absolute Gasteiger partial charge is 0.424 e. The van der Waals surface area contributed by atoms with Crippen LogP contribution in [0, 0.1) is 0 Å². The minimum atomic E-state index is -2.83. The molecule has 0 amide bonds. The first-order chi connectivity index (χ1) is 12.2. The molecule has 0 bridgehead atoms. The van der Waals surface area contributed by atoms with Gasteiger partial charge in [-0.15, -0.1) is 0 Å². The van der Waals surface area contributed by atoms with Crippen LogP contribution in [0.3, 0.4) is 0 Å². The molecular formula is C23H22OSi. The number of fused-ring (bicyclic) bond motifs is 2. The summed E-state index contributed by atoms with van der Waals surface area (Å²) in [6, 6.07) is 30.3. The van der Waals surface area contributed by atoms with Crippen LogP contribution in [0.2, 0.25) is 6.04 Å². The van der Waals surface area contributed by atoms with Crippen LogP contribution in [0.1, 0.15) is 13.3 Å². The summed E-state index contributed by atoms with van der Waals surface area (Å²) in [5.74, 6) is 0. The summed E-state index contributed by atoms with van der Waals surface area (Å²) < 4.78 is 0. The van der Waals surface area contributed by atoms with E-state index < -0.39 is 8.32 Å². The lowest BCUT2D eigenvalue weighted by Crippen LogP contribution is -2.59. The van der Waals surface area contributed by atoms with Gasteiger partial charge in [0.25, 0.3) is 8.32 Å². The van der Waals surface area contributed by atoms with E-state index in [1.807, 2.05) is 0 Å². The van der Waals surface area contributed by atoms with Crippen LogP contribution in [0.15, 0.2) is 84.9 Å². The van der Waals surface area contributed by atoms with Gasteiger partial charge in [-0.2, -0.15) is 0 Å². The molecule has 4 aromatic rings. The monoisotopic (exact) mass is 342 g/mol. The number of rotatable bonds is 4. The van der Waals surface area contributed by atoms with E-state index in [0.29, 0.717) is 0 Å². The fourth-order valence-corrected chi connectivity index (χ4v) is 7.59. The summed E-state index contributed by atoms with van der Waals surface area (Å²) in [6.45, 7) is 2.16. The number of hydrogen-bond acceptors (Lipinski definition) is 1. The minimum absolute atomic E-state index is 0.828. The summed E-state index contributed by atoms with van der Waals surface area (Å²) >= 11 is 0. The fraction of sp³-hybridized carbons (Fsp3) is 0.130. The van der Waals surface area contributed by atoms with E-state index in [-0.39, 0.29) is 0 Å². The number of benzene rings is 4. The Labute approximate surface area is 149 Å². The SMILES string of the molecule is CCC[Si](O)(c1cccc2ccccc12)c1cccc2ccccc12. The second kappa shape index (κ2) is 6.47. The Kier molecular flexibility index (Phi) is 4.16. The molecule has 0 atom stereocenters. The van der Waals surface area contributed by atoms with E-state index >= 15 is 0 Å². The first kappa shape index (κ1) is 16.1. The molecule has 124 valence electrons. The molecule has 0 spiro atoms. The van der Waals surface area contributed by atoms with Crippen LogP contribution < -0.4 is 10.4 Å². The lowest BCUT2D eigenvalue weighted by Gasteiger charge is -2.28. The summed E-state index contributed by atoms with van der Waals surface area (Å²) in [6.07, 6.45) is 0.967. The Balaban J connectivity index is 2.05. The van der Waals surface area contributed by atoms with Crippen molar-refractivity contribution in [2.75, 3.05) is 0 Å². The molecular weight excluding hydrogens is 320 g/mol. The van der Waals surface area contributed by atoms with Gasteiger partial charge in [-0.1, -0.05) is 98.3 Å². The van der Waals surface area contributed by atoms with Gasteiger partial charge in [0.2, 0.25) is 0 Å². The first-order valence-electron chi connectivity index (χ1n) is 8.93. The lowest BCUT2D eigenvalue weighted by atomic mass is 10.1. The molecule has 0 aromatic heterocycles. The highest BCUT2D eigenvalue weighted by molar-refractivity contribution is 6.99. The highest BCUT2D eigenvalue weighted by Gasteiger charge is 2.37. The molecule has 4 rings (SSSR count). The summed E-state index contributed by atoms with van der Waals surface area (Å²) in [5, 5.41) is 7.01. The second-order valence-electron chi connectivity index (χ2n) is 6.66. The number of hydrogen-bond donors (Lipinski definition) is 1. The van der Waals surface area contributed by atoms with Gasteiger partial charge in [-0.3, -0.25) is 0 Å². The van der Waals surface area contributed by atoms with Crippen LogP contribution in [-0.2, 0) is 0 Å². The van der Waals surface area contributed by atoms with Crippen molar-refractivity contribution in [3.8, 4) is 0 Å². The predicted molar refractivity (Wildman–Crippen MR) is 110 cm³/mol. The van der Waals surface area contributed by atoms with Crippen molar-refractivity contribution in [1.82, 2.24) is 0 Å². The van der Waals surface area contributed by atoms with Crippen LogP contribution >= 0.6 is 0 Å². The second-order valence-corrected chi connectivity index (χ2v) is 9.96. The van der Waals surface area contributed by atoms with Crippen molar-refractivity contribution in [2.24, 2.45) is 0 Å². The zero-order valence-electron chi connectivity index (χ0n) is 14.4. The van der Waals surface area contributed by atoms with Crippen molar-refractivity contribution in [3.63, 3.8) is 0 Å². The molecule has 0 saturated carbocycles. The maximum absolute atomic E-state index is 12.1. The van der Waals surface area contributed by atoms with Crippen molar-refractivity contribution in [2.45, 2.75) is 19.4 Å². The molecule has 0 unspecified atom stereocenters. The van der Waals surface area contributed by atoms with Gasteiger partial charge in [0, 0.05) is 0 Å². The quantitative estimate of drug-likeness (QED) is 0.543. The average Bonchev–Trinajstić information content (AvgIpc) is 2.67. The van der Waals surface area contributed by atoms with E-state index in [9.17, 15) is 4.80 Å². The molecule has 4 aromatic carbocycles. The molecule has 0 radical (unpaired) electrons. The normalized spacial score (nSPS) is 11.9. The van der Waals surface area contributed by atoms with Gasteiger partial charge in [0.05, 0.1) is 0 Å². The Hall–Kier alpha value is -2.42. The van der Waals surface area contributed by atoms with E-state index in [1.165, 1.54) is 21.5 Å². The molecule has 2 heteroatoms. The van der Waals surface area contributed by atoms with Gasteiger partial charge in [-0.25, -0.2) is 0 Å². The molecule has 0 fully saturated rings. The molecule has 1 nitrogen and oxygen atoms in total. The van der Waals surface area contributed by atoms with Gasteiger partial charge < -0.3 is 4.80 Å². The maximum Gasteiger partial charge on any atom is 0.253 e. The summed E-state index contributed by atoms with van der Waals surface area (Å²) in [5.41, 5.74) is 0. The third-order valence-corrected chi connectivity index (χ3v) is 8.96. The topological polar surface area (TPSA) is 20.2 Å². The third kappa shape index (κ3) is 2.68. The predicted octanol–water partition coefficient (Wildman–Crippen LogP) is 4.46. The molecule has 0 aliphatic rings. The maximum atomic E-state index is 12.1. The summed E-state index contributed by atoms with van der Waals surface area (Å²) in [4.78, 5) is 12.1. The first-order valence-corrected chi connectivity index (χ1v) is 11.1. The Bertz CT molecular complexity index is 948. The van der Waals surface area contributed by atoms with Crippen LogP contribution in [0.5, 0.6) is 0 Å². The lowest BCUT2D eigenvalue weighted by molar-refractivity contribution is 0.563. The van der Waals surface area contributed by atoms with E-state index in [4.69, 9.17) is 0 Å². The minimum Gasteiger partial charge on any atom is -0.424 e. The fourth-order valence-electron chi connectivity index (χ4n) is 3.95. The van der Waals surface area contributed by atoms with E-state index in [1.54, 1.807) is 0 Å².